The molecular weight excluding hydrogens is 186 g/mol. The smallest absolute Gasteiger partial charge is 0.0590 e. The highest BCUT2D eigenvalue weighted by atomic mass is 16.5. The second kappa shape index (κ2) is 9.17. The third-order valence-corrected chi connectivity index (χ3v) is 2.37. The Balaban J connectivity index is 2.99. The van der Waals surface area contributed by atoms with Gasteiger partial charge in [0.05, 0.1) is 6.61 Å². The molecule has 0 atom stereocenters. The molecule has 0 heterocycles. The lowest BCUT2D eigenvalue weighted by molar-refractivity contribution is 0.131. The van der Waals surface area contributed by atoms with E-state index in [1.807, 2.05) is 0 Å². The van der Waals surface area contributed by atoms with Crippen molar-refractivity contribution < 1.29 is 4.74 Å². The molecule has 0 fully saturated rings. The van der Waals surface area contributed by atoms with Crippen molar-refractivity contribution in [2.24, 2.45) is 5.41 Å². The van der Waals surface area contributed by atoms with Crippen molar-refractivity contribution in [1.82, 2.24) is 5.32 Å². The van der Waals surface area contributed by atoms with Crippen LogP contribution in [-0.4, -0.2) is 26.3 Å². The minimum absolute atomic E-state index is 0.439. The van der Waals surface area contributed by atoms with Gasteiger partial charge in [-0.05, 0) is 24.8 Å². The molecule has 0 aromatic heterocycles. The van der Waals surface area contributed by atoms with Crippen LogP contribution in [0, 0.1) is 5.41 Å². The normalized spacial score (nSPS) is 12.0. The first-order valence-electron chi connectivity index (χ1n) is 6.35. The maximum atomic E-state index is 5.51. The zero-order valence-electron chi connectivity index (χ0n) is 11.1. The summed E-state index contributed by atoms with van der Waals surface area (Å²) in [5, 5.41) is 3.41. The summed E-state index contributed by atoms with van der Waals surface area (Å²) in [7, 11) is 0. The van der Waals surface area contributed by atoms with E-state index in [1.165, 1.54) is 25.7 Å². The van der Waals surface area contributed by atoms with Gasteiger partial charge >= 0.3 is 0 Å². The molecule has 92 valence electrons. The van der Waals surface area contributed by atoms with Crippen LogP contribution in [0.1, 0.15) is 53.4 Å². The SMILES string of the molecule is CCCCCOCCNCCC(C)(C)C. The van der Waals surface area contributed by atoms with Gasteiger partial charge in [-0.3, -0.25) is 0 Å². The summed E-state index contributed by atoms with van der Waals surface area (Å²) in [5.74, 6) is 0. The van der Waals surface area contributed by atoms with Crippen LogP contribution in [0.5, 0.6) is 0 Å². The lowest BCUT2D eigenvalue weighted by Gasteiger charge is -2.18. The van der Waals surface area contributed by atoms with Crippen LogP contribution in [0.25, 0.3) is 0 Å². The predicted octanol–water partition coefficient (Wildman–Crippen LogP) is 3.22. The number of ether oxygens (including phenoxy) is 1. The Morgan fingerprint density at radius 3 is 2.33 bits per heavy atom. The Morgan fingerprint density at radius 1 is 1.00 bits per heavy atom. The molecule has 0 aliphatic carbocycles. The van der Waals surface area contributed by atoms with Crippen LogP contribution in [0.4, 0.5) is 0 Å². The standard InChI is InChI=1S/C13H29NO/c1-5-6-7-11-15-12-10-14-9-8-13(2,3)4/h14H,5-12H2,1-4H3. The summed E-state index contributed by atoms with van der Waals surface area (Å²) in [6.45, 7) is 12.9. The number of hydrogen-bond acceptors (Lipinski definition) is 2. The number of unbranched alkanes of at least 4 members (excludes halogenated alkanes) is 2. The van der Waals surface area contributed by atoms with Crippen LogP contribution in [-0.2, 0) is 4.74 Å². The molecule has 0 saturated carbocycles. The molecule has 0 unspecified atom stereocenters. The van der Waals surface area contributed by atoms with Gasteiger partial charge in [0.1, 0.15) is 0 Å². The minimum atomic E-state index is 0.439. The highest BCUT2D eigenvalue weighted by Gasteiger charge is 2.08. The fraction of sp³-hybridized carbons (Fsp3) is 1.00. The van der Waals surface area contributed by atoms with Gasteiger partial charge in [0.2, 0.25) is 0 Å². The number of rotatable bonds is 9. The van der Waals surface area contributed by atoms with E-state index in [0.29, 0.717) is 5.41 Å². The van der Waals surface area contributed by atoms with Gasteiger partial charge in [-0.2, -0.15) is 0 Å². The van der Waals surface area contributed by atoms with Crippen LogP contribution < -0.4 is 5.32 Å². The average Bonchev–Trinajstić information content (AvgIpc) is 2.14. The quantitative estimate of drug-likeness (QED) is 0.596. The highest BCUT2D eigenvalue weighted by molar-refractivity contribution is 4.62. The van der Waals surface area contributed by atoms with Crippen LogP contribution >= 0.6 is 0 Å². The van der Waals surface area contributed by atoms with Gasteiger partial charge in [-0.15, -0.1) is 0 Å². The van der Waals surface area contributed by atoms with Gasteiger partial charge in [0.25, 0.3) is 0 Å². The molecule has 0 aliphatic heterocycles. The molecular formula is C13H29NO. The second-order valence-corrected chi connectivity index (χ2v) is 5.38. The van der Waals surface area contributed by atoms with E-state index in [2.05, 4.69) is 33.0 Å². The van der Waals surface area contributed by atoms with E-state index in [9.17, 15) is 0 Å². The van der Waals surface area contributed by atoms with Gasteiger partial charge in [-0.1, -0.05) is 40.5 Å². The first-order valence-corrected chi connectivity index (χ1v) is 6.35. The summed E-state index contributed by atoms with van der Waals surface area (Å²) < 4.78 is 5.51. The fourth-order valence-electron chi connectivity index (χ4n) is 1.29. The molecule has 0 saturated heterocycles. The first-order chi connectivity index (χ1) is 7.06. The lowest BCUT2D eigenvalue weighted by atomic mass is 9.92. The zero-order valence-corrected chi connectivity index (χ0v) is 11.1. The van der Waals surface area contributed by atoms with E-state index in [0.717, 1.165) is 26.3 Å². The van der Waals surface area contributed by atoms with E-state index >= 15 is 0 Å². The molecule has 0 rings (SSSR count). The predicted molar refractivity (Wildman–Crippen MR) is 67.3 cm³/mol. The van der Waals surface area contributed by atoms with Crippen molar-refractivity contribution in [3.63, 3.8) is 0 Å². The average molecular weight is 215 g/mol. The molecule has 0 aromatic rings. The molecule has 15 heavy (non-hydrogen) atoms. The summed E-state index contributed by atoms with van der Waals surface area (Å²) in [6.07, 6.45) is 4.99. The maximum absolute atomic E-state index is 5.51. The minimum Gasteiger partial charge on any atom is -0.380 e. The molecule has 0 aliphatic rings. The number of nitrogens with one attached hydrogen (secondary N) is 1. The van der Waals surface area contributed by atoms with Gasteiger partial charge < -0.3 is 10.1 Å². The van der Waals surface area contributed by atoms with E-state index in [-0.39, 0.29) is 0 Å². The monoisotopic (exact) mass is 215 g/mol. The zero-order chi connectivity index (χ0) is 11.6. The van der Waals surface area contributed by atoms with Crippen LogP contribution in [0.2, 0.25) is 0 Å². The summed E-state index contributed by atoms with van der Waals surface area (Å²) in [6, 6.07) is 0. The van der Waals surface area contributed by atoms with Crippen LogP contribution in [0.3, 0.4) is 0 Å². The topological polar surface area (TPSA) is 21.3 Å². The fourth-order valence-corrected chi connectivity index (χ4v) is 1.29. The Labute approximate surface area is 95.8 Å². The van der Waals surface area contributed by atoms with Crippen molar-refractivity contribution in [3.05, 3.63) is 0 Å². The molecule has 1 N–H and O–H groups in total. The summed E-state index contributed by atoms with van der Waals surface area (Å²) >= 11 is 0. The maximum Gasteiger partial charge on any atom is 0.0590 e. The molecule has 0 radical (unpaired) electrons. The van der Waals surface area contributed by atoms with Crippen molar-refractivity contribution in [2.75, 3.05) is 26.3 Å². The van der Waals surface area contributed by atoms with E-state index in [1.54, 1.807) is 0 Å². The van der Waals surface area contributed by atoms with Gasteiger partial charge in [0, 0.05) is 13.2 Å². The molecule has 0 spiro atoms. The Morgan fingerprint density at radius 2 is 1.73 bits per heavy atom. The molecule has 2 nitrogen and oxygen atoms in total. The molecule has 2 heteroatoms. The van der Waals surface area contributed by atoms with E-state index < -0.39 is 0 Å². The third-order valence-electron chi connectivity index (χ3n) is 2.37. The Bertz CT molecular complexity index is 129. The molecule has 0 bridgehead atoms. The molecule has 0 aromatic carbocycles. The summed E-state index contributed by atoms with van der Waals surface area (Å²) in [4.78, 5) is 0. The third kappa shape index (κ3) is 13.9. The summed E-state index contributed by atoms with van der Waals surface area (Å²) in [5.41, 5.74) is 0.439. The second-order valence-electron chi connectivity index (χ2n) is 5.38. The molecule has 0 amide bonds. The number of hydrogen-bond donors (Lipinski definition) is 1. The van der Waals surface area contributed by atoms with Crippen molar-refractivity contribution in [3.8, 4) is 0 Å². The van der Waals surface area contributed by atoms with Crippen molar-refractivity contribution in [1.29, 1.82) is 0 Å². The highest BCUT2D eigenvalue weighted by Crippen LogP contribution is 2.16. The van der Waals surface area contributed by atoms with Gasteiger partial charge in [0.15, 0.2) is 0 Å². The van der Waals surface area contributed by atoms with E-state index in [4.69, 9.17) is 4.74 Å². The largest absolute Gasteiger partial charge is 0.380 e. The van der Waals surface area contributed by atoms with Gasteiger partial charge in [-0.25, -0.2) is 0 Å². The van der Waals surface area contributed by atoms with Crippen molar-refractivity contribution in [2.45, 2.75) is 53.4 Å². The first kappa shape index (κ1) is 14.9. The Kier molecular flexibility index (Phi) is 9.12. The van der Waals surface area contributed by atoms with Crippen LogP contribution in [0.15, 0.2) is 0 Å². The lowest BCUT2D eigenvalue weighted by Crippen LogP contribution is -2.24. The van der Waals surface area contributed by atoms with Crippen molar-refractivity contribution >= 4 is 0 Å². The Hall–Kier alpha value is -0.0800.